The monoisotopic (exact) mass is 270 g/mol. The fourth-order valence-electron chi connectivity index (χ4n) is 3.35. The first-order valence-electron chi connectivity index (χ1n) is 7.67. The summed E-state index contributed by atoms with van der Waals surface area (Å²) in [6, 6.07) is 0.480. The van der Waals surface area contributed by atoms with E-state index in [0.717, 1.165) is 26.1 Å². The van der Waals surface area contributed by atoms with Gasteiger partial charge in [-0.1, -0.05) is 20.8 Å². The first kappa shape index (κ1) is 16.9. The second kappa shape index (κ2) is 5.71. The number of hydrogen-bond acceptors (Lipinski definition) is 3. The summed E-state index contributed by atoms with van der Waals surface area (Å²) < 4.78 is 6.25. The Morgan fingerprint density at radius 2 is 1.84 bits per heavy atom. The van der Waals surface area contributed by atoms with Crippen molar-refractivity contribution in [1.82, 2.24) is 4.90 Å². The van der Waals surface area contributed by atoms with Gasteiger partial charge in [0.15, 0.2) is 0 Å². The van der Waals surface area contributed by atoms with Gasteiger partial charge in [-0.2, -0.15) is 0 Å². The van der Waals surface area contributed by atoms with Crippen molar-refractivity contribution in [2.45, 2.75) is 78.6 Å². The third kappa shape index (κ3) is 4.44. The summed E-state index contributed by atoms with van der Waals surface area (Å²) in [7, 11) is 0. The summed E-state index contributed by atoms with van der Waals surface area (Å²) in [4.78, 5) is 2.60. The molecule has 1 saturated heterocycles. The molecular weight excluding hydrogens is 236 g/mol. The van der Waals surface area contributed by atoms with Gasteiger partial charge >= 0.3 is 0 Å². The van der Waals surface area contributed by atoms with Crippen LogP contribution in [0, 0.1) is 5.41 Å². The molecule has 0 aromatic carbocycles. The highest BCUT2D eigenvalue weighted by molar-refractivity contribution is 5.00. The van der Waals surface area contributed by atoms with Crippen LogP contribution in [0.2, 0.25) is 0 Å². The molecule has 0 amide bonds. The van der Waals surface area contributed by atoms with Crippen molar-refractivity contribution in [1.29, 1.82) is 0 Å². The lowest BCUT2D eigenvalue weighted by atomic mass is 9.88. The van der Waals surface area contributed by atoms with E-state index in [4.69, 9.17) is 10.5 Å². The van der Waals surface area contributed by atoms with E-state index >= 15 is 0 Å². The standard InChI is InChI=1S/C16H34N2O/c1-8-9-18(12-14(2,3)11-17)13-10-15(4,5)19-16(13,6)7/h13H,8-12,17H2,1-7H3. The summed E-state index contributed by atoms with van der Waals surface area (Å²) in [5.74, 6) is 0. The Balaban J connectivity index is 2.87. The van der Waals surface area contributed by atoms with Crippen molar-refractivity contribution in [3.63, 3.8) is 0 Å². The fourth-order valence-corrected chi connectivity index (χ4v) is 3.35. The average molecular weight is 270 g/mol. The van der Waals surface area contributed by atoms with Gasteiger partial charge in [-0.15, -0.1) is 0 Å². The largest absolute Gasteiger partial charge is 0.368 e. The minimum atomic E-state index is -0.0800. The van der Waals surface area contributed by atoms with Crippen molar-refractivity contribution >= 4 is 0 Å². The predicted octanol–water partition coefficient (Wildman–Crippen LogP) is 3.03. The summed E-state index contributed by atoms with van der Waals surface area (Å²) >= 11 is 0. The lowest BCUT2D eigenvalue weighted by molar-refractivity contribution is -0.0826. The molecule has 0 spiro atoms. The first-order valence-corrected chi connectivity index (χ1v) is 7.67. The van der Waals surface area contributed by atoms with E-state index in [9.17, 15) is 0 Å². The molecule has 0 aliphatic carbocycles. The smallest absolute Gasteiger partial charge is 0.0789 e. The molecule has 114 valence electrons. The second-order valence-corrected chi connectivity index (χ2v) is 8.02. The van der Waals surface area contributed by atoms with Crippen molar-refractivity contribution in [2.75, 3.05) is 19.6 Å². The molecule has 0 aromatic heterocycles. The minimum Gasteiger partial charge on any atom is -0.368 e. The van der Waals surface area contributed by atoms with Crippen LogP contribution in [0.1, 0.15) is 61.3 Å². The lowest BCUT2D eigenvalue weighted by Crippen LogP contribution is -2.51. The number of hydrogen-bond donors (Lipinski definition) is 1. The van der Waals surface area contributed by atoms with Crippen LogP contribution in [0.3, 0.4) is 0 Å². The Labute approximate surface area is 119 Å². The topological polar surface area (TPSA) is 38.5 Å². The molecule has 0 saturated carbocycles. The Bertz CT molecular complexity index is 297. The Morgan fingerprint density at radius 3 is 2.21 bits per heavy atom. The molecule has 1 aliphatic heterocycles. The maximum absolute atomic E-state index is 6.25. The summed E-state index contributed by atoms with van der Waals surface area (Å²) in [5, 5.41) is 0. The van der Waals surface area contributed by atoms with Crippen LogP contribution in [-0.4, -0.2) is 41.8 Å². The number of nitrogens with zero attached hydrogens (tertiary/aromatic N) is 1. The van der Waals surface area contributed by atoms with Crippen LogP contribution in [0.5, 0.6) is 0 Å². The van der Waals surface area contributed by atoms with Gasteiger partial charge in [-0.3, -0.25) is 4.90 Å². The van der Waals surface area contributed by atoms with Crippen LogP contribution in [-0.2, 0) is 4.74 Å². The van der Waals surface area contributed by atoms with Gasteiger partial charge < -0.3 is 10.5 Å². The molecule has 0 aromatic rings. The minimum absolute atomic E-state index is 0.0208. The predicted molar refractivity (Wildman–Crippen MR) is 82.3 cm³/mol. The van der Waals surface area contributed by atoms with Gasteiger partial charge in [-0.25, -0.2) is 0 Å². The second-order valence-electron chi connectivity index (χ2n) is 8.02. The molecule has 0 radical (unpaired) electrons. The summed E-state index contributed by atoms with van der Waals surface area (Å²) in [5.41, 5.74) is 5.98. The van der Waals surface area contributed by atoms with E-state index in [0.29, 0.717) is 6.04 Å². The molecule has 0 bridgehead atoms. The zero-order valence-corrected chi connectivity index (χ0v) is 14.0. The Kier molecular flexibility index (Phi) is 5.09. The third-order valence-electron chi connectivity index (χ3n) is 4.16. The zero-order chi connectivity index (χ0) is 14.9. The molecule has 19 heavy (non-hydrogen) atoms. The van der Waals surface area contributed by atoms with E-state index in [2.05, 4.69) is 53.4 Å². The molecule has 1 unspecified atom stereocenters. The van der Waals surface area contributed by atoms with Crippen LogP contribution in [0.4, 0.5) is 0 Å². The van der Waals surface area contributed by atoms with Crippen molar-refractivity contribution < 1.29 is 4.74 Å². The molecule has 3 nitrogen and oxygen atoms in total. The summed E-state index contributed by atoms with van der Waals surface area (Å²) in [6.45, 7) is 18.5. The quantitative estimate of drug-likeness (QED) is 0.806. The van der Waals surface area contributed by atoms with E-state index in [1.54, 1.807) is 0 Å². The fraction of sp³-hybridized carbons (Fsp3) is 1.00. The molecule has 1 aliphatic rings. The van der Waals surface area contributed by atoms with E-state index in [-0.39, 0.29) is 16.6 Å². The average Bonchev–Trinajstić information content (AvgIpc) is 2.46. The van der Waals surface area contributed by atoms with Gasteiger partial charge in [0.1, 0.15) is 0 Å². The number of nitrogens with two attached hydrogens (primary N) is 1. The third-order valence-corrected chi connectivity index (χ3v) is 4.16. The highest BCUT2D eigenvalue weighted by Gasteiger charge is 2.48. The SMILES string of the molecule is CCCN(CC(C)(C)CN)C1CC(C)(C)OC1(C)C. The molecule has 2 N–H and O–H groups in total. The molecular formula is C16H34N2O. The van der Waals surface area contributed by atoms with Crippen LogP contribution in [0.15, 0.2) is 0 Å². The van der Waals surface area contributed by atoms with Gasteiger partial charge in [0.2, 0.25) is 0 Å². The van der Waals surface area contributed by atoms with E-state index in [1.807, 2.05) is 0 Å². The van der Waals surface area contributed by atoms with Crippen molar-refractivity contribution in [3.8, 4) is 0 Å². The Hall–Kier alpha value is -0.120. The maximum atomic E-state index is 6.25. The lowest BCUT2D eigenvalue weighted by Gasteiger charge is -2.40. The summed E-state index contributed by atoms with van der Waals surface area (Å²) in [6.07, 6.45) is 2.27. The molecule has 1 fully saturated rings. The molecule has 1 rings (SSSR count). The van der Waals surface area contributed by atoms with Crippen molar-refractivity contribution in [2.24, 2.45) is 11.1 Å². The van der Waals surface area contributed by atoms with Gasteiger partial charge in [-0.05, 0) is 59.0 Å². The number of rotatable bonds is 6. The molecule has 1 heterocycles. The molecule has 3 heteroatoms. The van der Waals surface area contributed by atoms with Crippen LogP contribution < -0.4 is 5.73 Å². The van der Waals surface area contributed by atoms with Crippen molar-refractivity contribution in [3.05, 3.63) is 0 Å². The normalized spacial score (nSPS) is 26.1. The van der Waals surface area contributed by atoms with Gasteiger partial charge in [0.05, 0.1) is 11.2 Å². The van der Waals surface area contributed by atoms with E-state index < -0.39 is 0 Å². The van der Waals surface area contributed by atoms with Crippen LogP contribution in [0.25, 0.3) is 0 Å². The van der Waals surface area contributed by atoms with Gasteiger partial charge in [0, 0.05) is 12.6 Å². The van der Waals surface area contributed by atoms with E-state index in [1.165, 1.54) is 6.42 Å². The maximum Gasteiger partial charge on any atom is 0.0789 e. The highest BCUT2D eigenvalue weighted by Crippen LogP contribution is 2.40. The molecule has 1 atom stereocenters. The highest BCUT2D eigenvalue weighted by atomic mass is 16.5. The van der Waals surface area contributed by atoms with Gasteiger partial charge in [0.25, 0.3) is 0 Å². The zero-order valence-electron chi connectivity index (χ0n) is 14.0. The first-order chi connectivity index (χ1) is 8.53. The number of ether oxygens (including phenoxy) is 1. The van der Waals surface area contributed by atoms with Crippen LogP contribution >= 0.6 is 0 Å². The Morgan fingerprint density at radius 1 is 1.26 bits per heavy atom.